The summed E-state index contributed by atoms with van der Waals surface area (Å²) < 4.78 is 7.80. The van der Waals surface area contributed by atoms with Gasteiger partial charge >= 0.3 is 0 Å². The van der Waals surface area contributed by atoms with Crippen LogP contribution in [0.1, 0.15) is 165 Å². The van der Waals surface area contributed by atoms with Gasteiger partial charge in [-0.15, -0.1) is 0 Å². The minimum Gasteiger partial charge on any atom is -0.468 e. The summed E-state index contributed by atoms with van der Waals surface area (Å²) in [6.45, 7) is 32.0. The van der Waals surface area contributed by atoms with Crippen LogP contribution in [0.2, 0.25) is 12.1 Å². The Morgan fingerprint density at radius 3 is 1.88 bits per heavy atom. The molecule has 13 rings (SSSR count). The molecule has 6 aromatic rings. The van der Waals surface area contributed by atoms with Crippen molar-refractivity contribution >= 4 is 105 Å². The van der Waals surface area contributed by atoms with E-state index in [1.54, 1.807) is 5.19 Å². The fourth-order valence-electron chi connectivity index (χ4n) is 14.7. The monoisotopic (exact) mass is 1040 g/mol. The Labute approximate surface area is 428 Å². The predicted octanol–water partition coefficient (Wildman–Crippen LogP) is 15.2. The van der Waals surface area contributed by atoms with E-state index in [1.165, 1.54) is 121 Å². The summed E-state index contributed by atoms with van der Waals surface area (Å²) in [6.07, 6.45) is 16.6. The molecule has 6 heteroatoms. The van der Waals surface area contributed by atoms with E-state index in [0.717, 1.165) is 24.1 Å². The van der Waals surface area contributed by atoms with Crippen molar-refractivity contribution in [1.29, 1.82) is 0 Å². The van der Waals surface area contributed by atoms with Crippen LogP contribution in [0.15, 0.2) is 102 Å². The van der Waals surface area contributed by atoms with Crippen molar-refractivity contribution < 1.29 is 4.42 Å². The molecule has 0 saturated carbocycles. The van der Waals surface area contributed by atoms with Crippen LogP contribution in [0.25, 0.3) is 11.0 Å². The second kappa shape index (κ2) is 14.2. The molecule has 3 aliphatic heterocycles. The van der Waals surface area contributed by atoms with E-state index in [-0.39, 0.29) is 37.2 Å². The summed E-state index contributed by atoms with van der Waals surface area (Å²) in [5, 5.41) is 2.83. The maximum atomic E-state index is 7.77. The number of halogens is 1. The Kier molecular flexibility index (Phi) is 9.21. The summed E-state index contributed by atoms with van der Waals surface area (Å²) in [5.74, 6) is 0.418. The van der Waals surface area contributed by atoms with Gasteiger partial charge in [-0.1, -0.05) is 147 Å². The number of allylic oxidation sites excluding steroid dienone is 4. The molecular weight excluding hydrogens is 967 g/mol. The second-order valence-electron chi connectivity index (χ2n) is 26.1. The molecule has 3 nitrogen and oxygen atoms in total. The van der Waals surface area contributed by atoms with Crippen molar-refractivity contribution in [2.75, 3.05) is 9.80 Å². The first-order valence-corrected chi connectivity index (χ1v) is 29.4. The third-order valence-electron chi connectivity index (χ3n) is 19.2. The first-order valence-electron chi connectivity index (χ1n) is 26.2. The lowest BCUT2D eigenvalue weighted by Crippen LogP contribution is -2.61. The molecule has 0 amide bonds. The van der Waals surface area contributed by atoms with Crippen molar-refractivity contribution in [1.82, 2.24) is 0 Å². The molecule has 0 spiro atoms. The highest BCUT2D eigenvalue weighted by Crippen LogP contribution is 2.56. The van der Waals surface area contributed by atoms with Crippen molar-refractivity contribution in [3.63, 3.8) is 0 Å². The number of hydrogen-bond donors (Lipinski definition) is 0. The molecule has 2 unspecified atom stereocenters. The predicted molar refractivity (Wildman–Crippen MR) is 305 cm³/mol. The van der Waals surface area contributed by atoms with Crippen LogP contribution in [0.4, 0.5) is 34.1 Å². The average Bonchev–Trinajstić information content (AvgIpc) is 3.82. The van der Waals surface area contributed by atoms with Crippen LogP contribution in [0.3, 0.4) is 0 Å². The minimum atomic E-state index is -0.988. The molecule has 1 aromatic heterocycles. The van der Waals surface area contributed by atoms with Gasteiger partial charge in [-0.2, -0.15) is 0 Å². The van der Waals surface area contributed by atoms with E-state index < -0.39 is 8.80 Å². The van der Waals surface area contributed by atoms with Crippen LogP contribution in [-0.4, -0.2) is 15.5 Å². The SMILES string of the molecule is Cc1cc2c3c(c1)N(c1cccc4c1[Si](C)C1C=CC=CC41)c1c(oc4cc5c(cc14)C(C)(C)CC[C@]5(C)I)B3c1cc3c(cc1N2c1ccc2c(c1)C(C)(C)CCC2(C)C)C(C)(C)CCC3(C)C. The van der Waals surface area contributed by atoms with Gasteiger partial charge in [0, 0.05) is 43.2 Å². The Bertz CT molecular complexity index is 3320. The lowest BCUT2D eigenvalue weighted by Gasteiger charge is -2.47. The number of nitrogens with zero attached hydrogens (tertiary/aromatic N) is 2. The molecule has 4 heterocycles. The van der Waals surface area contributed by atoms with Crippen LogP contribution >= 0.6 is 22.6 Å². The van der Waals surface area contributed by atoms with Gasteiger partial charge < -0.3 is 14.2 Å². The Balaban J connectivity index is 1.17. The normalized spacial score (nSPS) is 25.6. The first-order chi connectivity index (χ1) is 32.5. The van der Waals surface area contributed by atoms with E-state index in [1.807, 2.05) is 0 Å². The highest BCUT2D eigenvalue weighted by atomic mass is 127. The molecular formula is C63H69BIN2OSi. The third-order valence-corrected chi connectivity index (χ3v) is 23.2. The van der Waals surface area contributed by atoms with Gasteiger partial charge in [0.2, 0.25) is 0 Å². The van der Waals surface area contributed by atoms with E-state index in [2.05, 4.69) is 219 Å². The zero-order valence-corrected chi connectivity index (χ0v) is 46.6. The molecule has 69 heavy (non-hydrogen) atoms. The number of hydrogen-bond acceptors (Lipinski definition) is 3. The topological polar surface area (TPSA) is 19.6 Å². The zero-order valence-electron chi connectivity index (χ0n) is 43.4. The minimum absolute atomic E-state index is 0.0300. The molecule has 0 bridgehead atoms. The molecule has 7 aliphatic rings. The standard InChI is InChI=1S/C63H69BIN2OSi/c1-36-29-50-54-51(30-36)67(48-19-16-18-39-38-17-14-15-20-53(38)69(13)56(39)48)55-40-32-43-46(63(12,65)28-27-62(43,10)11)35-52(40)68-57(55)64(54)47-33-44-45(61(8,9)26-25-60(44,6)7)34-49(47)66(50)37-21-22-41-42(31-37)59(4,5)24-23-58(41,2)3/h14-22,29-35,38,53H,23-28H2,1-13H3/t38?,53?,63-/m0/s1. The van der Waals surface area contributed by atoms with E-state index in [4.69, 9.17) is 4.42 Å². The molecule has 1 radical (unpaired) electrons. The maximum Gasteiger partial charge on any atom is 0.297 e. The Morgan fingerprint density at radius 2 is 1.19 bits per heavy atom. The van der Waals surface area contributed by atoms with Gasteiger partial charge in [0.05, 0.1) is 20.1 Å². The smallest absolute Gasteiger partial charge is 0.297 e. The number of fused-ring (bicyclic) bond motifs is 12. The van der Waals surface area contributed by atoms with Gasteiger partial charge in [-0.3, -0.25) is 0 Å². The summed E-state index contributed by atoms with van der Waals surface area (Å²) in [5.41, 5.74) is 25.2. The fourth-order valence-corrected chi connectivity index (χ4v) is 18.3. The number of rotatable bonds is 2. The van der Waals surface area contributed by atoms with Crippen molar-refractivity contribution in [3.8, 4) is 0 Å². The molecule has 4 aliphatic carbocycles. The van der Waals surface area contributed by atoms with Gasteiger partial charge in [-0.25, -0.2) is 0 Å². The number of furan rings is 1. The molecule has 0 N–H and O–H groups in total. The number of benzene rings is 5. The van der Waals surface area contributed by atoms with Gasteiger partial charge in [0.15, 0.2) is 0 Å². The van der Waals surface area contributed by atoms with E-state index in [9.17, 15) is 0 Å². The highest BCUT2D eigenvalue weighted by molar-refractivity contribution is 14.1. The van der Waals surface area contributed by atoms with E-state index >= 15 is 0 Å². The van der Waals surface area contributed by atoms with Crippen LogP contribution in [0.5, 0.6) is 0 Å². The summed E-state index contributed by atoms with van der Waals surface area (Å²) in [4.78, 5) is 5.44. The second-order valence-corrected chi connectivity index (χ2v) is 31.0. The average molecular weight is 1040 g/mol. The number of alkyl halides is 1. The largest absolute Gasteiger partial charge is 0.468 e. The van der Waals surface area contributed by atoms with Gasteiger partial charge in [-0.05, 0) is 194 Å². The Morgan fingerprint density at radius 1 is 0.594 bits per heavy atom. The van der Waals surface area contributed by atoms with Gasteiger partial charge in [0.1, 0.15) is 5.58 Å². The summed E-state index contributed by atoms with van der Waals surface area (Å²) >= 11 is 2.74. The zero-order chi connectivity index (χ0) is 48.3. The third kappa shape index (κ3) is 6.15. The molecule has 3 atom stereocenters. The summed E-state index contributed by atoms with van der Waals surface area (Å²) in [7, 11) is -0.988. The molecule has 0 saturated heterocycles. The highest BCUT2D eigenvalue weighted by Gasteiger charge is 2.51. The van der Waals surface area contributed by atoms with Gasteiger partial charge in [0.25, 0.3) is 6.71 Å². The molecule has 351 valence electrons. The van der Waals surface area contributed by atoms with Crippen molar-refractivity contribution in [2.24, 2.45) is 0 Å². The van der Waals surface area contributed by atoms with Crippen LogP contribution < -0.4 is 31.6 Å². The van der Waals surface area contributed by atoms with Crippen molar-refractivity contribution in [2.45, 2.75) is 170 Å². The maximum absolute atomic E-state index is 7.77. The Hall–Kier alpha value is -4.27. The van der Waals surface area contributed by atoms with Crippen LogP contribution in [0, 0.1) is 6.92 Å². The quantitative estimate of drug-likeness (QED) is 0.0977. The van der Waals surface area contributed by atoms with Crippen molar-refractivity contribution in [3.05, 3.63) is 142 Å². The number of anilines is 6. The van der Waals surface area contributed by atoms with Crippen LogP contribution in [-0.2, 0) is 30.5 Å². The number of aryl methyl sites for hydroxylation is 1. The molecule has 5 aromatic carbocycles. The lowest BCUT2D eigenvalue weighted by molar-refractivity contribution is 0.332. The van der Waals surface area contributed by atoms with E-state index in [0.29, 0.717) is 11.5 Å². The summed E-state index contributed by atoms with van der Waals surface area (Å²) in [6, 6.07) is 30.3. The fraction of sp³-hybridized carbons (Fsp3) is 0.429. The lowest BCUT2D eigenvalue weighted by atomic mass is 9.35. The molecule has 0 fully saturated rings. The first kappa shape index (κ1) is 44.7.